The molecule has 31 heavy (non-hydrogen) atoms. The lowest BCUT2D eigenvalue weighted by atomic mass is 10.1. The van der Waals surface area contributed by atoms with Gasteiger partial charge in [0.05, 0.1) is 21.3 Å². The van der Waals surface area contributed by atoms with E-state index in [-0.39, 0.29) is 17.3 Å². The first kappa shape index (κ1) is 23.7. The first-order valence-corrected chi connectivity index (χ1v) is 9.60. The summed E-state index contributed by atoms with van der Waals surface area (Å²) in [6.07, 6.45) is 0. The van der Waals surface area contributed by atoms with Gasteiger partial charge in [-0.2, -0.15) is 0 Å². The van der Waals surface area contributed by atoms with Crippen LogP contribution in [0, 0.1) is 13.8 Å². The van der Waals surface area contributed by atoms with Crippen LogP contribution in [-0.2, 0) is 4.79 Å². The van der Waals surface area contributed by atoms with Crippen molar-refractivity contribution in [1.29, 1.82) is 0 Å². The number of hydrogen-bond acceptors (Lipinski definition) is 7. The lowest BCUT2D eigenvalue weighted by Gasteiger charge is -2.15. The first-order valence-electron chi connectivity index (χ1n) is 9.19. The smallest absolute Gasteiger partial charge is 0.276 e. The summed E-state index contributed by atoms with van der Waals surface area (Å²) in [6, 6.07) is 8.67. The molecule has 0 aliphatic heterocycles. The standard InChI is InChI=1S/C21H25N3O6S/c1-12-7-6-8-13(2)18(12)30-11-17(25)23-24-21(31)22-20(26)14-9-15(27-3)19(29-5)16(10-14)28-4/h6-10H,11H2,1-5H3,(H,23,25)(H2,22,24,26,31). The molecule has 3 N–H and O–H groups in total. The minimum atomic E-state index is -0.530. The second-order valence-corrected chi connectivity index (χ2v) is 6.79. The van der Waals surface area contributed by atoms with Crippen LogP contribution < -0.4 is 35.1 Å². The molecular formula is C21H25N3O6S. The van der Waals surface area contributed by atoms with Crippen LogP contribution >= 0.6 is 12.2 Å². The Bertz CT molecular complexity index is 934. The van der Waals surface area contributed by atoms with Crippen molar-refractivity contribution in [1.82, 2.24) is 16.2 Å². The van der Waals surface area contributed by atoms with Gasteiger partial charge in [-0.05, 0) is 49.3 Å². The molecule has 2 amide bonds. The van der Waals surface area contributed by atoms with Crippen molar-refractivity contribution in [2.24, 2.45) is 0 Å². The zero-order valence-corrected chi connectivity index (χ0v) is 18.8. The lowest BCUT2D eigenvalue weighted by Crippen LogP contribution is -2.49. The second-order valence-electron chi connectivity index (χ2n) is 6.38. The zero-order chi connectivity index (χ0) is 23.0. The van der Waals surface area contributed by atoms with E-state index in [1.807, 2.05) is 32.0 Å². The molecule has 0 bridgehead atoms. The summed E-state index contributed by atoms with van der Waals surface area (Å²) in [6.45, 7) is 3.57. The molecule has 0 atom stereocenters. The Morgan fingerprint density at radius 2 is 1.48 bits per heavy atom. The first-order chi connectivity index (χ1) is 14.8. The van der Waals surface area contributed by atoms with E-state index in [0.29, 0.717) is 23.0 Å². The molecule has 0 aromatic heterocycles. The summed E-state index contributed by atoms with van der Waals surface area (Å²) >= 11 is 5.05. The summed E-state index contributed by atoms with van der Waals surface area (Å²) in [5.41, 5.74) is 6.91. The maximum Gasteiger partial charge on any atom is 0.276 e. The molecule has 0 spiro atoms. The number of hydrogen-bond donors (Lipinski definition) is 3. The number of carbonyl (C=O) groups excluding carboxylic acids is 2. The molecule has 0 heterocycles. The largest absolute Gasteiger partial charge is 0.493 e. The predicted molar refractivity (Wildman–Crippen MR) is 119 cm³/mol. The molecule has 0 aliphatic rings. The van der Waals surface area contributed by atoms with Crippen LogP contribution in [0.1, 0.15) is 21.5 Å². The number of carbonyl (C=O) groups is 2. The Balaban J connectivity index is 1.91. The Kier molecular flexibility index (Phi) is 8.44. The van der Waals surface area contributed by atoms with E-state index in [4.69, 9.17) is 31.2 Å². The topological polar surface area (TPSA) is 107 Å². The fourth-order valence-corrected chi connectivity index (χ4v) is 2.89. The van der Waals surface area contributed by atoms with E-state index in [1.54, 1.807) is 0 Å². The van der Waals surface area contributed by atoms with Gasteiger partial charge in [0.25, 0.3) is 11.8 Å². The van der Waals surface area contributed by atoms with Crippen molar-refractivity contribution in [2.45, 2.75) is 13.8 Å². The maximum absolute atomic E-state index is 12.5. The highest BCUT2D eigenvalue weighted by Crippen LogP contribution is 2.38. The van der Waals surface area contributed by atoms with Crippen molar-refractivity contribution in [3.8, 4) is 23.0 Å². The fraction of sp³-hybridized carbons (Fsp3) is 0.286. The Hall–Kier alpha value is -3.53. The summed E-state index contributed by atoms with van der Waals surface area (Å²) < 4.78 is 21.3. The molecule has 0 saturated heterocycles. The Labute approximate surface area is 186 Å². The highest BCUT2D eigenvalue weighted by atomic mass is 32.1. The highest BCUT2D eigenvalue weighted by Gasteiger charge is 2.18. The summed E-state index contributed by atoms with van der Waals surface area (Å²) in [4.78, 5) is 24.5. The second kappa shape index (κ2) is 11.0. The number of aryl methyl sites for hydroxylation is 2. The van der Waals surface area contributed by atoms with Gasteiger partial charge in [-0.15, -0.1) is 0 Å². The monoisotopic (exact) mass is 447 g/mol. The van der Waals surface area contributed by atoms with Crippen molar-refractivity contribution in [3.63, 3.8) is 0 Å². The molecule has 0 saturated carbocycles. The van der Waals surface area contributed by atoms with Crippen molar-refractivity contribution in [3.05, 3.63) is 47.0 Å². The van der Waals surface area contributed by atoms with E-state index in [0.717, 1.165) is 11.1 Å². The van der Waals surface area contributed by atoms with Crippen molar-refractivity contribution < 1.29 is 28.5 Å². The van der Waals surface area contributed by atoms with Gasteiger partial charge in [-0.25, -0.2) is 0 Å². The molecule has 0 unspecified atom stereocenters. The summed E-state index contributed by atoms with van der Waals surface area (Å²) in [5.74, 6) is 0.657. The number of nitrogens with one attached hydrogen (secondary N) is 3. The van der Waals surface area contributed by atoms with Crippen LogP contribution in [0.4, 0.5) is 0 Å². The van der Waals surface area contributed by atoms with Gasteiger partial charge >= 0.3 is 0 Å². The summed E-state index contributed by atoms with van der Waals surface area (Å²) in [7, 11) is 4.36. The van der Waals surface area contributed by atoms with Crippen LogP contribution in [-0.4, -0.2) is 44.9 Å². The molecule has 0 aliphatic carbocycles. The van der Waals surface area contributed by atoms with E-state index in [2.05, 4.69) is 16.2 Å². The Morgan fingerprint density at radius 3 is 2.00 bits per heavy atom. The minimum Gasteiger partial charge on any atom is -0.493 e. The molecular weight excluding hydrogens is 422 g/mol. The fourth-order valence-electron chi connectivity index (χ4n) is 2.75. The zero-order valence-electron chi connectivity index (χ0n) is 18.0. The van der Waals surface area contributed by atoms with Crippen LogP contribution in [0.15, 0.2) is 30.3 Å². The van der Waals surface area contributed by atoms with Crippen molar-refractivity contribution >= 4 is 29.1 Å². The van der Waals surface area contributed by atoms with Crippen LogP contribution in [0.25, 0.3) is 0 Å². The van der Waals surface area contributed by atoms with Gasteiger partial charge in [0.15, 0.2) is 23.2 Å². The Morgan fingerprint density at radius 1 is 0.903 bits per heavy atom. The van der Waals surface area contributed by atoms with Gasteiger partial charge in [0.2, 0.25) is 5.75 Å². The lowest BCUT2D eigenvalue weighted by molar-refractivity contribution is -0.123. The predicted octanol–water partition coefficient (Wildman–Crippen LogP) is 2.04. The molecule has 2 aromatic carbocycles. The third kappa shape index (κ3) is 6.22. The molecule has 2 aromatic rings. The van der Waals surface area contributed by atoms with Crippen LogP contribution in [0.2, 0.25) is 0 Å². The number of amides is 2. The number of para-hydroxylation sites is 1. The minimum absolute atomic E-state index is 0.0980. The maximum atomic E-state index is 12.5. The molecule has 10 heteroatoms. The summed E-state index contributed by atoms with van der Waals surface area (Å²) in [5, 5.41) is 2.36. The highest BCUT2D eigenvalue weighted by molar-refractivity contribution is 7.80. The molecule has 0 radical (unpaired) electrons. The number of hydrazine groups is 1. The number of methoxy groups -OCH3 is 3. The SMILES string of the molecule is COc1cc(C(=O)NC(=S)NNC(=O)COc2c(C)cccc2C)cc(OC)c1OC. The third-order valence-electron chi connectivity index (χ3n) is 4.23. The number of rotatable bonds is 7. The normalized spacial score (nSPS) is 9.97. The van der Waals surface area contributed by atoms with E-state index < -0.39 is 11.8 Å². The average molecular weight is 448 g/mol. The van der Waals surface area contributed by atoms with E-state index in [1.165, 1.54) is 33.5 Å². The van der Waals surface area contributed by atoms with Crippen LogP contribution in [0.5, 0.6) is 23.0 Å². The van der Waals surface area contributed by atoms with Gasteiger partial charge in [-0.3, -0.25) is 25.8 Å². The number of thiocarbonyl (C=S) groups is 1. The molecule has 9 nitrogen and oxygen atoms in total. The molecule has 0 fully saturated rings. The van der Waals surface area contributed by atoms with Crippen molar-refractivity contribution in [2.75, 3.05) is 27.9 Å². The number of ether oxygens (including phenoxy) is 4. The average Bonchev–Trinajstić information content (AvgIpc) is 2.76. The molecule has 2 rings (SSSR count). The van der Waals surface area contributed by atoms with Gasteiger partial charge in [-0.1, -0.05) is 18.2 Å². The van der Waals surface area contributed by atoms with Crippen LogP contribution in [0.3, 0.4) is 0 Å². The van der Waals surface area contributed by atoms with E-state index >= 15 is 0 Å². The quantitative estimate of drug-likeness (QED) is 0.437. The number of benzene rings is 2. The van der Waals surface area contributed by atoms with Gasteiger partial charge in [0.1, 0.15) is 5.75 Å². The van der Waals surface area contributed by atoms with Gasteiger partial charge in [0, 0.05) is 5.56 Å². The van der Waals surface area contributed by atoms with Gasteiger partial charge < -0.3 is 18.9 Å². The van der Waals surface area contributed by atoms with E-state index in [9.17, 15) is 9.59 Å². The third-order valence-corrected chi connectivity index (χ3v) is 4.43. The molecule has 166 valence electrons.